The number of hydrogen-bond acceptors (Lipinski definition) is 8. The zero-order valence-electron chi connectivity index (χ0n) is 16.4. The lowest BCUT2D eigenvalue weighted by molar-refractivity contribution is -0.140. The van der Waals surface area contributed by atoms with E-state index in [9.17, 15) is 14.4 Å². The van der Waals surface area contributed by atoms with Crippen molar-refractivity contribution in [3.05, 3.63) is 29.5 Å². The van der Waals surface area contributed by atoms with Crippen molar-refractivity contribution in [3.63, 3.8) is 0 Å². The summed E-state index contributed by atoms with van der Waals surface area (Å²) < 4.78 is 20.4. The number of carbonyl (C=O) groups excluding carboxylic acids is 3. The largest absolute Gasteiger partial charge is 0.494 e. The van der Waals surface area contributed by atoms with Gasteiger partial charge >= 0.3 is 11.9 Å². The highest BCUT2D eigenvalue weighted by molar-refractivity contribution is 6.03. The van der Waals surface area contributed by atoms with Crippen LogP contribution < -0.4 is 15.0 Å². The Labute approximate surface area is 163 Å². The molecule has 0 aliphatic carbocycles. The SMILES string of the molecule is CCCC(=O)Nc1ccc(N2COCC(C(=O)OC)=C2C(=O)OC)cc1OC. The van der Waals surface area contributed by atoms with Gasteiger partial charge in [-0.05, 0) is 18.6 Å². The third-order valence-corrected chi connectivity index (χ3v) is 4.08. The fraction of sp³-hybridized carbons (Fsp3) is 0.421. The van der Waals surface area contributed by atoms with Crippen molar-refractivity contribution < 1.29 is 33.3 Å². The molecule has 9 nitrogen and oxygen atoms in total. The molecule has 1 amide bonds. The highest BCUT2D eigenvalue weighted by Crippen LogP contribution is 2.33. The number of rotatable bonds is 7. The maximum atomic E-state index is 12.3. The third-order valence-electron chi connectivity index (χ3n) is 4.08. The van der Waals surface area contributed by atoms with E-state index < -0.39 is 11.9 Å². The standard InChI is InChI=1S/C19H24N2O7/c1-5-6-16(22)20-14-8-7-12(9-15(14)25-2)21-11-28-10-13(18(23)26-3)17(21)19(24)27-4/h7-9H,5-6,10-11H2,1-4H3,(H,20,22). The summed E-state index contributed by atoms with van der Waals surface area (Å²) in [6.45, 7) is 1.86. The van der Waals surface area contributed by atoms with Gasteiger partial charge in [0.05, 0.1) is 39.2 Å². The van der Waals surface area contributed by atoms with Crippen LogP contribution in [0.15, 0.2) is 29.5 Å². The van der Waals surface area contributed by atoms with Crippen LogP contribution in [-0.2, 0) is 28.6 Å². The number of esters is 2. The average molecular weight is 392 g/mol. The van der Waals surface area contributed by atoms with E-state index >= 15 is 0 Å². The molecule has 152 valence electrons. The minimum absolute atomic E-state index is 0.0234. The number of hydrogen-bond donors (Lipinski definition) is 1. The van der Waals surface area contributed by atoms with Gasteiger partial charge in [-0.3, -0.25) is 4.79 Å². The molecule has 0 unspecified atom stereocenters. The molecule has 0 atom stereocenters. The van der Waals surface area contributed by atoms with Gasteiger partial charge in [0.25, 0.3) is 0 Å². The maximum absolute atomic E-state index is 12.3. The van der Waals surface area contributed by atoms with E-state index in [1.165, 1.54) is 26.2 Å². The van der Waals surface area contributed by atoms with Gasteiger partial charge in [-0.15, -0.1) is 0 Å². The molecule has 0 saturated carbocycles. The van der Waals surface area contributed by atoms with Gasteiger partial charge in [-0.25, -0.2) is 9.59 Å². The summed E-state index contributed by atoms with van der Waals surface area (Å²) in [6, 6.07) is 4.97. The molecule has 1 heterocycles. The van der Waals surface area contributed by atoms with Crippen molar-refractivity contribution in [2.45, 2.75) is 19.8 Å². The topological polar surface area (TPSA) is 103 Å². The van der Waals surface area contributed by atoms with Crippen molar-refractivity contribution in [1.82, 2.24) is 0 Å². The second-order valence-corrected chi connectivity index (χ2v) is 5.90. The number of nitrogens with one attached hydrogen (secondary N) is 1. The number of nitrogens with zero attached hydrogens (tertiary/aromatic N) is 1. The Bertz CT molecular complexity index is 788. The molecule has 1 aliphatic heterocycles. The van der Waals surface area contributed by atoms with E-state index in [2.05, 4.69) is 5.32 Å². The molecule has 1 aromatic rings. The number of amides is 1. The van der Waals surface area contributed by atoms with E-state index in [4.69, 9.17) is 18.9 Å². The predicted octanol–water partition coefficient (Wildman–Crippen LogP) is 1.83. The van der Waals surface area contributed by atoms with Crippen LogP contribution in [0.2, 0.25) is 0 Å². The van der Waals surface area contributed by atoms with E-state index in [-0.39, 0.29) is 30.5 Å². The molecule has 0 aromatic heterocycles. The van der Waals surface area contributed by atoms with Crippen molar-refractivity contribution in [1.29, 1.82) is 0 Å². The van der Waals surface area contributed by atoms with Gasteiger partial charge in [0.2, 0.25) is 5.91 Å². The molecule has 2 rings (SSSR count). The van der Waals surface area contributed by atoms with Gasteiger partial charge < -0.3 is 29.2 Å². The summed E-state index contributed by atoms with van der Waals surface area (Å²) in [7, 11) is 3.92. The lowest BCUT2D eigenvalue weighted by atomic mass is 10.1. The number of ether oxygens (including phenoxy) is 4. The molecule has 0 fully saturated rings. The van der Waals surface area contributed by atoms with Crippen LogP contribution in [0.5, 0.6) is 5.75 Å². The van der Waals surface area contributed by atoms with Gasteiger partial charge in [0.1, 0.15) is 18.2 Å². The molecular weight excluding hydrogens is 368 g/mol. The number of carbonyl (C=O) groups is 3. The van der Waals surface area contributed by atoms with Gasteiger partial charge in [0, 0.05) is 18.2 Å². The van der Waals surface area contributed by atoms with Crippen LogP contribution in [-0.4, -0.2) is 52.5 Å². The van der Waals surface area contributed by atoms with Crippen LogP contribution in [0.3, 0.4) is 0 Å². The van der Waals surface area contributed by atoms with Crippen LogP contribution in [0.1, 0.15) is 19.8 Å². The number of benzene rings is 1. The first-order valence-electron chi connectivity index (χ1n) is 8.69. The summed E-state index contributed by atoms with van der Waals surface area (Å²) in [4.78, 5) is 37.8. The average Bonchev–Trinajstić information content (AvgIpc) is 2.72. The summed E-state index contributed by atoms with van der Waals surface area (Å²) in [5.74, 6) is -1.10. The minimum atomic E-state index is -0.692. The number of methoxy groups -OCH3 is 3. The Kier molecular flexibility index (Phi) is 7.39. The second-order valence-electron chi connectivity index (χ2n) is 5.90. The first-order chi connectivity index (χ1) is 13.5. The zero-order valence-corrected chi connectivity index (χ0v) is 16.4. The van der Waals surface area contributed by atoms with E-state index in [0.717, 1.165) is 6.42 Å². The van der Waals surface area contributed by atoms with Crippen LogP contribution in [0, 0.1) is 0 Å². The number of anilines is 2. The van der Waals surface area contributed by atoms with Crippen LogP contribution in [0.4, 0.5) is 11.4 Å². The van der Waals surface area contributed by atoms with E-state index in [1.54, 1.807) is 18.2 Å². The van der Waals surface area contributed by atoms with E-state index in [0.29, 0.717) is 23.5 Å². The monoisotopic (exact) mass is 392 g/mol. The Hall–Kier alpha value is -3.07. The predicted molar refractivity (Wildman–Crippen MR) is 101 cm³/mol. The van der Waals surface area contributed by atoms with Crippen molar-refractivity contribution in [2.75, 3.05) is 44.9 Å². The minimum Gasteiger partial charge on any atom is -0.494 e. The Morgan fingerprint density at radius 2 is 1.86 bits per heavy atom. The summed E-state index contributed by atoms with van der Waals surface area (Å²) in [5, 5.41) is 2.78. The van der Waals surface area contributed by atoms with Crippen LogP contribution >= 0.6 is 0 Å². The lowest BCUT2D eigenvalue weighted by Gasteiger charge is -2.31. The quantitative estimate of drug-likeness (QED) is 0.701. The fourth-order valence-electron chi connectivity index (χ4n) is 2.74. The smallest absolute Gasteiger partial charge is 0.355 e. The molecule has 1 N–H and O–H groups in total. The Morgan fingerprint density at radius 3 is 2.46 bits per heavy atom. The molecule has 0 saturated heterocycles. The van der Waals surface area contributed by atoms with Gasteiger partial charge in [-0.2, -0.15) is 0 Å². The Balaban J connectivity index is 2.45. The zero-order chi connectivity index (χ0) is 20.7. The van der Waals surface area contributed by atoms with Gasteiger partial charge in [0.15, 0.2) is 0 Å². The van der Waals surface area contributed by atoms with Crippen molar-refractivity contribution >= 4 is 29.2 Å². The van der Waals surface area contributed by atoms with Gasteiger partial charge in [-0.1, -0.05) is 6.92 Å². The fourth-order valence-corrected chi connectivity index (χ4v) is 2.74. The first kappa shape index (κ1) is 21.2. The molecule has 1 aromatic carbocycles. The molecule has 9 heteroatoms. The highest BCUT2D eigenvalue weighted by atomic mass is 16.5. The van der Waals surface area contributed by atoms with Crippen molar-refractivity contribution in [2.24, 2.45) is 0 Å². The molecule has 0 bridgehead atoms. The molecule has 0 spiro atoms. The van der Waals surface area contributed by atoms with E-state index in [1.807, 2.05) is 6.92 Å². The summed E-state index contributed by atoms with van der Waals surface area (Å²) in [5.41, 5.74) is 1.11. The molecule has 0 radical (unpaired) electrons. The first-order valence-corrected chi connectivity index (χ1v) is 8.69. The highest BCUT2D eigenvalue weighted by Gasteiger charge is 2.32. The second kappa shape index (κ2) is 9.75. The normalized spacial score (nSPS) is 13.8. The summed E-state index contributed by atoms with van der Waals surface area (Å²) >= 11 is 0. The third kappa shape index (κ3) is 4.61. The Morgan fingerprint density at radius 1 is 1.14 bits per heavy atom. The van der Waals surface area contributed by atoms with Crippen LogP contribution in [0.25, 0.3) is 0 Å². The lowest BCUT2D eigenvalue weighted by Crippen LogP contribution is -2.38. The summed E-state index contributed by atoms with van der Waals surface area (Å²) in [6.07, 6.45) is 1.11. The molecular formula is C19H24N2O7. The van der Waals surface area contributed by atoms with Crippen molar-refractivity contribution in [3.8, 4) is 5.75 Å². The molecule has 1 aliphatic rings. The molecule has 28 heavy (non-hydrogen) atoms. The maximum Gasteiger partial charge on any atom is 0.355 e.